The van der Waals surface area contributed by atoms with Gasteiger partial charge in [-0.2, -0.15) is 13.2 Å². The zero-order valence-electron chi connectivity index (χ0n) is 9.15. The quantitative estimate of drug-likeness (QED) is 0.855. The van der Waals surface area contributed by atoms with E-state index in [2.05, 4.69) is 10.2 Å². The van der Waals surface area contributed by atoms with E-state index in [9.17, 15) is 13.2 Å². The van der Waals surface area contributed by atoms with Gasteiger partial charge in [0.1, 0.15) is 0 Å². The Morgan fingerprint density at radius 3 is 2.61 bits per heavy atom. The van der Waals surface area contributed by atoms with Crippen molar-refractivity contribution in [3.8, 4) is 10.9 Å². The number of hydrogen-bond acceptors (Lipinski definition) is 5. The molecule has 0 spiro atoms. The summed E-state index contributed by atoms with van der Waals surface area (Å²) in [5.41, 5.74) is 6.84. The van der Waals surface area contributed by atoms with E-state index in [1.807, 2.05) is 6.92 Å². The standard InChI is InChI=1S/C10H8F3N3OS/c1-5-2-3-6(14)7(4-5)17-9-16-15-8(18-9)10(11,12)13/h2-4H,14H2,1H3. The van der Waals surface area contributed by atoms with Gasteiger partial charge < -0.3 is 10.5 Å². The van der Waals surface area contributed by atoms with Crippen LogP contribution in [-0.4, -0.2) is 10.2 Å². The van der Waals surface area contributed by atoms with E-state index in [1.165, 1.54) is 0 Å². The third-order valence-electron chi connectivity index (χ3n) is 2.02. The average molecular weight is 275 g/mol. The van der Waals surface area contributed by atoms with Crippen LogP contribution in [0.25, 0.3) is 0 Å². The fourth-order valence-electron chi connectivity index (χ4n) is 1.19. The summed E-state index contributed by atoms with van der Waals surface area (Å²) in [7, 11) is 0. The minimum absolute atomic E-state index is 0.195. The molecule has 0 radical (unpaired) electrons. The molecular formula is C10H8F3N3OS. The molecule has 2 rings (SSSR count). The molecule has 1 aromatic carbocycles. The van der Waals surface area contributed by atoms with Crippen LogP contribution in [0.15, 0.2) is 18.2 Å². The third-order valence-corrected chi connectivity index (χ3v) is 2.86. The van der Waals surface area contributed by atoms with Crippen molar-refractivity contribution in [3.05, 3.63) is 28.8 Å². The zero-order chi connectivity index (χ0) is 13.3. The molecule has 2 N–H and O–H groups in total. The summed E-state index contributed by atoms with van der Waals surface area (Å²) in [4.78, 5) is 0. The Morgan fingerprint density at radius 2 is 2.00 bits per heavy atom. The molecule has 4 nitrogen and oxygen atoms in total. The van der Waals surface area contributed by atoms with Crippen molar-refractivity contribution in [2.75, 3.05) is 5.73 Å². The van der Waals surface area contributed by atoms with Crippen LogP contribution in [0.4, 0.5) is 18.9 Å². The highest BCUT2D eigenvalue weighted by Gasteiger charge is 2.36. The van der Waals surface area contributed by atoms with Crippen molar-refractivity contribution in [2.24, 2.45) is 0 Å². The number of ether oxygens (including phenoxy) is 1. The van der Waals surface area contributed by atoms with Crippen molar-refractivity contribution < 1.29 is 17.9 Å². The van der Waals surface area contributed by atoms with E-state index in [0.29, 0.717) is 17.0 Å². The van der Waals surface area contributed by atoms with Crippen molar-refractivity contribution in [1.82, 2.24) is 10.2 Å². The monoisotopic (exact) mass is 275 g/mol. The first-order valence-corrected chi connectivity index (χ1v) is 5.62. The van der Waals surface area contributed by atoms with Gasteiger partial charge in [0.25, 0.3) is 5.19 Å². The topological polar surface area (TPSA) is 61.0 Å². The van der Waals surface area contributed by atoms with E-state index >= 15 is 0 Å². The highest BCUT2D eigenvalue weighted by molar-refractivity contribution is 7.13. The second-order valence-electron chi connectivity index (χ2n) is 3.51. The summed E-state index contributed by atoms with van der Waals surface area (Å²) in [5.74, 6) is 0.264. The molecule has 0 fully saturated rings. The normalized spacial score (nSPS) is 11.6. The molecule has 96 valence electrons. The number of halogens is 3. The SMILES string of the molecule is Cc1ccc(N)c(Oc2nnc(C(F)(F)F)s2)c1. The molecule has 0 bridgehead atoms. The lowest BCUT2D eigenvalue weighted by atomic mass is 10.2. The minimum atomic E-state index is -4.52. The maximum atomic E-state index is 12.3. The Bertz CT molecular complexity index is 568. The number of hydrogen-bond donors (Lipinski definition) is 1. The second-order valence-corrected chi connectivity index (χ2v) is 4.45. The summed E-state index contributed by atoms with van der Waals surface area (Å²) >= 11 is 0.324. The predicted molar refractivity (Wildman–Crippen MR) is 60.6 cm³/mol. The van der Waals surface area contributed by atoms with Crippen molar-refractivity contribution >= 4 is 17.0 Å². The minimum Gasteiger partial charge on any atom is -0.428 e. The first-order chi connectivity index (χ1) is 8.36. The van der Waals surface area contributed by atoms with Gasteiger partial charge in [-0.15, -0.1) is 5.10 Å². The summed E-state index contributed by atoms with van der Waals surface area (Å²) in [5, 5.41) is 5.09. The fourth-order valence-corrected chi connectivity index (χ4v) is 1.77. The van der Waals surface area contributed by atoms with E-state index in [1.54, 1.807) is 18.2 Å². The van der Waals surface area contributed by atoms with Crippen LogP contribution in [-0.2, 0) is 6.18 Å². The van der Waals surface area contributed by atoms with Gasteiger partial charge in [-0.3, -0.25) is 0 Å². The predicted octanol–water partition coefficient (Wildman–Crippen LogP) is 3.24. The lowest BCUT2D eigenvalue weighted by molar-refractivity contribution is -0.138. The lowest BCUT2D eigenvalue weighted by Crippen LogP contribution is -2.03. The van der Waals surface area contributed by atoms with Gasteiger partial charge in [0, 0.05) is 0 Å². The summed E-state index contributed by atoms with van der Waals surface area (Å²) < 4.78 is 42.1. The third kappa shape index (κ3) is 2.70. The Balaban J connectivity index is 2.24. The Morgan fingerprint density at radius 1 is 1.28 bits per heavy atom. The Hall–Kier alpha value is -1.83. The summed E-state index contributed by atoms with van der Waals surface area (Å²) in [6, 6.07) is 4.99. The Kier molecular flexibility index (Phi) is 3.12. The molecule has 8 heteroatoms. The number of nitrogen functional groups attached to an aromatic ring is 1. The van der Waals surface area contributed by atoms with Crippen LogP contribution in [0.5, 0.6) is 10.9 Å². The molecule has 0 unspecified atom stereocenters. The molecule has 0 aliphatic carbocycles. The summed E-state index contributed by atoms with van der Waals surface area (Å²) in [6.45, 7) is 1.81. The number of aromatic nitrogens is 2. The number of benzene rings is 1. The smallest absolute Gasteiger partial charge is 0.428 e. The van der Waals surface area contributed by atoms with Crippen LogP contribution in [0.2, 0.25) is 0 Å². The van der Waals surface area contributed by atoms with Crippen LogP contribution < -0.4 is 10.5 Å². The van der Waals surface area contributed by atoms with Gasteiger partial charge in [0.15, 0.2) is 5.75 Å². The molecule has 1 heterocycles. The largest absolute Gasteiger partial charge is 0.445 e. The zero-order valence-corrected chi connectivity index (χ0v) is 9.97. The number of aryl methyl sites for hydroxylation is 1. The van der Waals surface area contributed by atoms with Crippen LogP contribution in [0.3, 0.4) is 0 Å². The average Bonchev–Trinajstić information content (AvgIpc) is 2.71. The molecule has 18 heavy (non-hydrogen) atoms. The summed E-state index contributed by atoms with van der Waals surface area (Å²) in [6.07, 6.45) is -4.52. The van der Waals surface area contributed by atoms with E-state index in [4.69, 9.17) is 10.5 Å². The molecule has 0 amide bonds. The molecule has 0 aliphatic heterocycles. The van der Waals surface area contributed by atoms with Crippen LogP contribution in [0.1, 0.15) is 10.6 Å². The van der Waals surface area contributed by atoms with Crippen molar-refractivity contribution in [2.45, 2.75) is 13.1 Å². The van der Waals surface area contributed by atoms with E-state index in [0.717, 1.165) is 5.56 Å². The molecule has 0 aliphatic rings. The first kappa shape index (κ1) is 12.6. The molecular weight excluding hydrogens is 267 g/mol. The second kappa shape index (κ2) is 4.45. The number of nitrogens with two attached hydrogens (primary N) is 1. The van der Waals surface area contributed by atoms with E-state index in [-0.39, 0.29) is 10.9 Å². The van der Waals surface area contributed by atoms with E-state index < -0.39 is 11.2 Å². The number of alkyl halides is 3. The molecule has 0 saturated carbocycles. The van der Waals surface area contributed by atoms with Gasteiger partial charge in [-0.1, -0.05) is 22.5 Å². The number of nitrogens with zero attached hydrogens (tertiary/aromatic N) is 2. The highest BCUT2D eigenvalue weighted by Crippen LogP contribution is 2.36. The van der Waals surface area contributed by atoms with Crippen molar-refractivity contribution in [1.29, 1.82) is 0 Å². The van der Waals surface area contributed by atoms with Gasteiger partial charge in [0.05, 0.1) is 5.69 Å². The van der Waals surface area contributed by atoms with Gasteiger partial charge in [-0.25, -0.2) is 0 Å². The van der Waals surface area contributed by atoms with Crippen LogP contribution >= 0.6 is 11.3 Å². The fraction of sp³-hybridized carbons (Fsp3) is 0.200. The number of anilines is 1. The number of rotatable bonds is 2. The van der Waals surface area contributed by atoms with Gasteiger partial charge in [-0.05, 0) is 24.6 Å². The molecule has 2 aromatic rings. The molecule has 0 saturated heterocycles. The first-order valence-electron chi connectivity index (χ1n) is 4.81. The van der Waals surface area contributed by atoms with Crippen molar-refractivity contribution in [3.63, 3.8) is 0 Å². The van der Waals surface area contributed by atoms with Gasteiger partial charge >= 0.3 is 6.18 Å². The molecule has 0 atom stereocenters. The van der Waals surface area contributed by atoms with Gasteiger partial charge in [0.2, 0.25) is 5.01 Å². The Labute approximate surface area is 104 Å². The lowest BCUT2D eigenvalue weighted by Gasteiger charge is -2.05. The molecule has 1 aromatic heterocycles. The maximum Gasteiger partial charge on any atom is 0.445 e. The van der Waals surface area contributed by atoms with Crippen LogP contribution in [0, 0.1) is 6.92 Å². The maximum absolute atomic E-state index is 12.3. The highest BCUT2D eigenvalue weighted by atomic mass is 32.1.